The zero-order valence-electron chi connectivity index (χ0n) is 8.27. The van der Waals surface area contributed by atoms with E-state index in [1.165, 1.54) is 0 Å². The molecule has 1 atom stereocenters. The first-order valence-electron chi connectivity index (χ1n) is 4.38. The van der Waals surface area contributed by atoms with Crippen molar-refractivity contribution >= 4 is 30.1 Å². The van der Waals surface area contributed by atoms with Gasteiger partial charge in [0, 0.05) is 7.05 Å². The molecule has 2 heterocycles. The van der Waals surface area contributed by atoms with E-state index >= 15 is 0 Å². The second kappa shape index (κ2) is 3.94. The van der Waals surface area contributed by atoms with Gasteiger partial charge in [0.05, 0.1) is 0 Å². The monoisotopic (exact) mass is 247 g/mol. The van der Waals surface area contributed by atoms with Gasteiger partial charge in [-0.05, 0) is 12.1 Å². The molecule has 0 aromatic carbocycles. The van der Waals surface area contributed by atoms with Gasteiger partial charge in [-0.3, -0.25) is 4.68 Å². The molecule has 1 aromatic rings. The number of nitrogens with zero attached hydrogens (tertiary/aromatic N) is 3. The molecular formula is C8H10ClN3O2S. The number of ether oxygens (including phenoxy) is 1. The molecule has 0 saturated heterocycles. The van der Waals surface area contributed by atoms with Crippen molar-refractivity contribution in [1.29, 1.82) is 0 Å². The normalized spacial score (nSPS) is 20.5. The van der Waals surface area contributed by atoms with Crippen LogP contribution in [0.25, 0.3) is 0 Å². The first-order chi connectivity index (χ1) is 7.09. The summed E-state index contributed by atoms with van der Waals surface area (Å²) in [4.78, 5) is 5.00. The summed E-state index contributed by atoms with van der Waals surface area (Å²) >= 11 is 10.2. The highest BCUT2D eigenvalue weighted by atomic mass is 35.5. The highest BCUT2D eigenvalue weighted by molar-refractivity contribution is 7.80. The number of halogens is 1. The summed E-state index contributed by atoms with van der Waals surface area (Å²) in [5.41, 5.74) is 0.564. The Balaban J connectivity index is 2.41. The molecule has 0 bridgehead atoms. The number of oxime groups is 1. The fraction of sp³-hybridized carbons (Fsp3) is 0.500. The lowest BCUT2D eigenvalue weighted by Gasteiger charge is -2.19. The predicted octanol–water partition coefficient (Wildman–Crippen LogP) is 1.46. The summed E-state index contributed by atoms with van der Waals surface area (Å²) in [7, 11) is 1.74. The number of thiol groups is 1. The molecule has 1 aromatic heterocycles. The molecule has 0 spiro atoms. The van der Waals surface area contributed by atoms with E-state index in [9.17, 15) is 0 Å². The third kappa shape index (κ3) is 1.91. The summed E-state index contributed by atoms with van der Waals surface area (Å²) < 4.78 is 7.03. The zero-order valence-corrected chi connectivity index (χ0v) is 9.92. The van der Waals surface area contributed by atoms with Crippen LogP contribution in [0.5, 0.6) is 0 Å². The summed E-state index contributed by atoms with van der Waals surface area (Å²) in [5, 5.41) is 8.69. The molecule has 5 nitrogen and oxygen atoms in total. The Morgan fingerprint density at radius 3 is 2.87 bits per heavy atom. The van der Waals surface area contributed by atoms with E-state index < -0.39 is 0 Å². The third-order valence-electron chi connectivity index (χ3n) is 1.96. The van der Waals surface area contributed by atoms with Crippen LogP contribution in [-0.4, -0.2) is 28.4 Å². The van der Waals surface area contributed by atoms with Crippen molar-refractivity contribution < 1.29 is 9.57 Å². The number of hydrogen-bond acceptors (Lipinski definition) is 5. The molecule has 0 saturated carbocycles. The van der Waals surface area contributed by atoms with Gasteiger partial charge < -0.3 is 9.57 Å². The van der Waals surface area contributed by atoms with Gasteiger partial charge in [-0.1, -0.05) is 11.6 Å². The van der Waals surface area contributed by atoms with Crippen molar-refractivity contribution in [3.8, 4) is 0 Å². The Bertz CT molecular complexity index is 418. The van der Waals surface area contributed by atoms with Crippen LogP contribution in [-0.2, 0) is 16.6 Å². The molecule has 0 N–H and O–H groups in total. The van der Waals surface area contributed by atoms with Crippen LogP contribution in [0.3, 0.4) is 0 Å². The predicted molar refractivity (Wildman–Crippen MR) is 58.5 cm³/mol. The molecule has 1 unspecified atom stereocenters. The number of hydrogen-bond donors (Lipinski definition) is 1. The Morgan fingerprint density at radius 1 is 1.60 bits per heavy atom. The molecular weight excluding hydrogens is 238 g/mol. The smallest absolute Gasteiger partial charge is 0.263 e. The summed E-state index contributed by atoms with van der Waals surface area (Å²) in [6, 6.07) is 0. The van der Waals surface area contributed by atoms with Gasteiger partial charge in [0.1, 0.15) is 16.7 Å². The minimum absolute atomic E-state index is 0.0542. The van der Waals surface area contributed by atoms with Gasteiger partial charge in [0.2, 0.25) is 0 Å². The standard InChI is InChI=1S/C8H10ClN3O2S/c1-4-3-13-11-7(14-4)5-6(9)10-12(2)8(5)15/h4,15H,3H2,1-2H3. The van der Waals surface area contributed by atoms with Crippen molar-refractivity contribution in [3.05, 3.63) is 10.7 Å². The third-order valence-corrected chi connectivity index (χ3v) is 2.74. The lowest BCUT2D eigenvalue weighted by Crippen LogP contribution is -2.25. The highest BCUT2D eigenvalue weighted by Gasteiger charge is 2.24. The Labute approximate surface area is 97.4 Å². The van der Waals surface area contributed by atoms with Crippen LogP contribution in [0.15, 0.2) is 10.2 Å². The highest BCUT2D eigenvalue weighted by Crippen LogP contribution is 2.24. The maximum absolute atomic E-state index is 5.93. The van der Waals surface area contributed by atoms with E-state index in [1.54, 1.807) is 11.7 Å². The van der Waals surface area contributed by atoms with E-state index in [2.05, 4.69) is 22.9 Å². The van der Waals surface area contributed by atoms with Crippen molar-refractivity contribution in [2.45, 2.75) is 18.1 Å². The van der Waals surface area contributed by atoms with Gasteiger partial charge >= 0.3 is 0 Å². The average Bonchev–Trinajstić information content (AvgIpc) is 2.41. The first kappa shape index (κ1) is 10.6. The maximum atomic E-state index is 5.93. The number of aromatic nitrogens is 2. The van der Waals surface area contributed by atoms with Gasteiger partial charge in [-0.25, -0.2) is 0 Å². The Kier molecular flexibility index (Phi) is 2.79. The molecule has 0 aliphatic carbocycles. The molecule has 2 rings (SSSR count). The minimum atomic E-state index is -0.0542. The lowest BCUT2D eigenvalue weighted by molar-refractivity contribution is 0.0194. The van der Waals surface area contributed by atoms with Crippen LogP contribution < -0.4 is 0 Å². The SMILES string of the molecule is CC1CON=C(c2c(Cl)nn(C)c2S)O1. The van der Waals surface area contributed by atoms with Crippen LogP contribution in [0.2, 0.25) is 5.15 Å². The largest absolute Gasteiger partial charge is 0.468 e. The second-order valence-electron chi connectivity index (χ2n) is 3.23. The first-order valence-corrected chi connectivity index (χ1v) is 5.20. The van der Waals surface area contributed by atoms with Gasteiger partial charge in [-0.2, -0.15) is 5.10 Å². The van der Waals surface area contributed by atoms with E-state index in [4.69, 9.17) is 21.2 Å². The summed E-state index contributed by atoms with van der Waals surface area (Å²) in [5.74, 6) is 0.330. The molecule has 0 fully saturated rings. The second-order valence-corrected chi connectivity index (χ2v) is 4.02. The molecule has 1 aliphatic heterocycles. The lowest BCUT2D eigenvalue weighted by atomic mass is 10.3. The van der Waals surface area contributed by atoms with E-state index in [0.717, 1.165) is 0 Å². The van der Waals surface area contributed by atoms with Gasteiger partial charge in [-0.15, -0.1) is 12.6 Å². The van der Waals surface area contributed by atoms with Crippen LogP contribution in [0.4, 0.5) is 0 Å². The average molecular weight is 248 g/mol. The quantitative estimate of drug-likeness (QED) is 0.765. The van der Waals surface area contributed by atoms with Crippen molar-refractivity contribution in [1.82, 2.24) is 9.78 Å². The minimum Gasteiger partial charge on any atom is -0.468 e. The van der Waals surface area contributed by atoms with E-state index in [0.29, 0.717) is 28.2 Å². The molecule has 0 amide bonds. The van der Waals surface area contributed by atoms with Gasteiger partial charge in [0.25, 0.3) is 5.90 Å². The van der Waals surface area contributed by atoms with Crippen molar-refractivity contribution in [2.24, 2.45) is 12.2 Å². The fourth-order valence-corrected chi connectivity index (χ4v) is 1.81. The molecule has 7 heteroatoms. The van der Waals surface area contributed by atoms with Gasteiger partial charge in [0.15, 0.2) is 11.8 Å². The number of aryl methyl sites for hydroxylation is 1. The summed E-state index contributed by atoms with van der Waals surface area (Å²) in [6.45, 7) is 2.32. The zero-order chi connectivity index (χ0) is 11.0. The van der Waals surface area contributed by atoms with E-state index in [1.807, 2.05) is 6.92 Å². The fourth-order valence-electron chi connectivity index (χ4n) is 1.22. The van der Waals surface area contributed by atoms with Crippen LogP contribution in [0.1, 0.15) is 12.5 Å². The van der Waals surface area contributed by atoms with Crippen LogP contribution >= 0.6 is 24.2 Å². The van der Waals surface area contributed by atoms with Crippen molar-refractivity contribution in [2.75, 3.05) is 6.61 Å². The van der Waals surface area contributed by atoms with Crippen molar-refractivity contribution in [3.63, 3.8) is 0 Å². The molecule has 0 radical (unpaired) electrons. The molecule has 82 valence electrons. The molecule has 15 heavy (non-hydrogen) atoms. The van der Waals surface area contributed by atoms with Crippen LogP contribution in [0, 0.1) is 0 Å². The topological polar surface area (TPSA) is 48.6 Å². The summed E-state index contributed by atoms with van der Waals surface area (Å²) in [6.07, 6.45) is -0.0542. The number of rotatable bonds is 1. The maximum Gasteiger partial charge on any atom is 0.263 e. The van der Waals surface area contributed by atoms with E-state index in [-0.39, 0.29) is 6.10 Å². The molecule has 1 aliphatic rings. The Morgan fingerprint density at radius 2 is 2.33 bits per heavy atom. The Hall–Kier alpha value is -0.880.